The first-order chi connectivity index (χ1) is 6.86. The Hall–Kier alpha value is -1.73. The van der Waals surface area contributed by atoms with E-state index < -0.39 is 0 Å². The molecule has 0 aliphatic rings. The maximum absolute atomic E-state index is 8.06. The van der Waals surface area contributed by atoms with Crippen molar-refractivity contribution in [3.63, 3.8) is 0 Å². The van der Waals surface area contributed by atoms with Crippen LogP contribution in [0, 0.1) is 0 Å². The van der Waals surface area contributed by atoms with Crippen molar-refractivity contribution in [1.29, 1.82) is 0 Å². The van der Waals surface area contributed by atoms with Crippen LogP contribution in [0.15, 0.2) is 35.5 Å². The van der Waals surface area contributed by atoms with Gasteiger partial charge in [0, 0.05) is 11.5 Å². The largest absolute Gasteiger partial charge is 0.0899 e. The first kappa shape index (κ1) is 10.4. The second kappa shape index (κ2) is 5.84. The Morgan fingerprint density at radius 3 is 2.64 bits per heavy atom. The second-order valence-corrected chi connectivity index (χ2v) is 2.91. The third-order valence-electron chi connectivity index (χ3n) is 1.95. The van der Waals surface area contributed by atoms with Crippen molar-refractivity contribution in [2.45, 2.75) is 13.3 Å². The Kier molecular flexibility index (Phi) is 4.32. The van der Waals surface area contributed by atoms with Crippen LogP contribution in [0.2, 0.25) is 0 Å². The van der Waals surface area contributed by atoms with Crippen LogP contribution in [0.25, 0.3) is 16.5 Å². The number of rotatable bonds is 4. The van der Waals surface area contributed by atoms with E-state index in [1.54, 1.807) is 0 Å². The lowest BCUT2D eigenvalue weighted by Gasteiger charge is -1.96. The van der Waals surface area contributed by atoms with Gasteiger partial charge < -0.3 is 0 Å². The quantitative estimate of drug-likeness (QED) is 0.393. The molecule has 0 unspecified atom stereocenters. The standard InChI is InChI=1S/C11H13N3/c1-2-10-5-7-11(8-6-10)4-3-9-13-14-12/h3-8H,2,9H2,1H3. The number of nitrogens with zero attached hydrogens (tertiary/aromatic N) is 3. The second-order valence-electron chi connectivity index (χ2n) is 2.91. The summed E-state index contributed by atoms with van der Waals surface area (Å²) >= 11 is 0. The zero-order valence-electron chi connectivity index (χ0n) is 8.22. The Morgan fingerprint density at radius 2 is 2.07 bits per heavy atom. The van der Waals surface area contributed by atoms with Gasteiger partial charge in [0.05, 0.1) is 0 Å². The van der Waals surface area contributed by atoms with Gasteiger partial charge in [-0.05, 0) is 23.1 Å². The zero-order chi connectivity index (χ0) is 10.2. The summed E-state index contributed by atoms with van der Waals surface area (Å²) in [5.74, 6) is 0. The molecule has 0 bridgehead atoms. The molecule has 0 amide bonds. The fourth-order valence-electron chi connectivity index (χ4n) is 1.14. The van der Waals surface area contributed by atoms with Gasteiger partial charge >= 0.3 is 0 Å². The van der Waals surface area contributed by atoms with E-state index in [-0.39, 0.29) is 0 Å². The highest BCUT2D eigenvalue weighted by Gasteiger charge is 1.88. The topological polar surface area (TPSA) is 48.8 Å². The van der Waals surface area contributed by atoms with E-state index in [4.69, 9.17) is 5.53 Å². The van der Waals surface area contributed by atoms with Crippen molar-refractivity contribution in [2.75, 3.05) is 6.54 Å². The first-order valence-electron chi connectivity index (χ1n) is 4.63. The third-order valence-corrected chi connectivity index (χ3v) is 1.95. The molecule has 0 fully saturated rings. The summed E-state index contributed by atoms with van der Waals surface area (Å²) in [6, 6.07) is 8.33. The maximum atomic E-state index is 8.06. The lowest BCUT2D eigenvalue weighted by molar-refractivity contribution is 1.14. The minimum absolute atomic E-state index is 0.409. The van der Waals surface area contributed by atoms with Gasteiger partial charge in [-0.3, -0.25) is 0 Å². The molecule has 0 spiro atoms. The predicted octanol–water partition coefficient (Wildman–Crippen LogP) is 3.57. The van der Waals surface area contributed by atoms with E-state index in [1.807, 2.05) is 12.2 Å². The molecule has 0 N–H and O–H groups in total. The van der Waals surface area contributed by atoms with Gasteiger partial charge in [0.2, 0.25) is 0 Å². The molecule has 0 radical (unpaired) electrons. The summed E-state index contributed by atoms with van der Waals surface area (Å²) < 4.78 is 0. The Balaban J connectivity index is 2.59. The zero-order valence-corrected chi connectivity index (χ0v) is 8.22. The molecule has 1 aromatic carbocycles. The summed E-state index contributed by atoms with van der Waals surface area (Å²) in [5.41, 5.74) is 10.5. The van der Waals surface area contributed by atoms with Crippen LogP contribution in [0.3, 0.4) is 0 Å². The van der Waals surface area contributed by atoms with E-state index in [1.165, 1.54) is 5.56 Å². The van der Waals surface area contributed by atoms with E-state index in [0.29, 0.717) is 6.54 Å². The van der Waals surface area contributed by atoms with Gasteiger partial charge in [0.25, 0.3) is 0 Å². The fourth-order valence-corrected chi connectivity index (χ4v) is 1.14. The summed E-state index contributed by atoms with van der Waals surface area (Å²) in [7, 11) is 0. The van der Waals surface area contributed by atoms with Crippen LogP contribution < -0.4 is 0 Å². The number of benzene rings is 1. The maximum Gasteiger partial charge on any atom is 0.0443 e. The van der Waals surface area contributed by atoms with Crippen LogP contribution in [-0.4, -0.2) is 6.54 Å². The van der Waals surface area contributed by atoms with Gasteiger partial charge in [-0.25, -0.2) is 0 Å². The van der Waals surface area contributed by atoms with E-state index >= 15 is 0 Å². The molecular weight excluding hydrogens is 174 g/mol. The smallest absolute Gasteiger partial charge is 0.0443 e. The molecule has 0 aromatic heterocycles. The van der Waals surface area contributed by atoms with Gasteiger partial charge in [-0.1, -0.05) is 48.5 Å². The molecule has 14 heavy (non-hydrogen) atoms. The van der Waals surface area contributed by atoms with E-state index in [9.17, 15) is 0 Å². The molecular formula is C11H13N3. The van der Waals surface area contributed by atoms with Crippen LogP contribution >= 0.6 is 0 Å². The number of aryl methyl sites for hydroxylation is 1. The highest BCUT2D eigenvalue weighted by Crippen LogP contribution is 2.06. The summed E-state index contributed by atoms with van der Waals surface area (Å²) in [6.07, 6.45) is 4.86. The van der Waals surface area contributed by atoms with Crippen molar-refractivity contribution >= 4 is 6.08 Å². The van der Waals surface area contributed by atoms with Crippen molar-refractivity contribution in [3.8, 4) is 0 Å². The Bertz CT molecular complexity index is 345. The molecule has 3 heteroatoms. The molecule has 72 valence electrons. The molecule has 0 heterocycles. The highest BCUT2D eigenvalue weighted by atomic mass is 15.1. The summed E-state index contributed by atoms with van der Waals surface area (Å²) in [5, 5.41) is 3.41. The first-order valence-corrected chi connectivity index (χ1v) is 4.63. The van der Waals surface area contributed by atoms with Crippen molar-refractivity contribution in [1.82, 2.24) is 0 Å². The van der Waals surface area contributed by atoms with Crippen LogP contribution in [0.1, 0.15) is 18.1 Å². The van der Waals surface area contributed by atoms with Crippen molar-refractivity contribution in [2.24, 2.45) is 5.11 Å². The van der Waals surface area contributed by atoms with Crippen LogP contribution in [0.5, 0.6) is 0 Å². The van der Waals surface area contributed by atoms with Crippen LogP contribution in [-0.2, 0) is 6.42 Å². The van der Waals surface area contributed by atoms with E-state index in [2.05, 4.69) is 41.2 Å². The SMILES string of the molecule is CCc1ccc(C=CCN=[N+]=[N-])cc1. The van der Waals surface area contributed by atoms with Crippen molar-refractivity contribution < 1.29 is 0 Å². The molecule has 0 aliphatic carbocycles. The lowest BCUT2D eigenvalue weighted by atomic mass is 10.1. The van der Waals surface area contributed by atoms with Gasteiger partial charge in [0.15, 0.2) is 0 Å². The monoisotopic (exact) mass is 187 g/mol. The van der Waals surface area contributed by atoms with E-state index in [0.717, 1.165) is 12.0 Å². The van der Waals surface area contributed by atoms with Gasteiger partial charge in [-0.15, -0.1) is 0 Å². The molecule has 0 saturated carbocycles. The van der Waals surface area contributed by atoms with Gasteiger partial charge in [-0.2, -0.15) is 0 Å². The number of hydrogen-bond acceptors (Lipinski definition) is 1. The van der Waals surface area contributed by atoms with Crippen molar-refractivity contribution in [3.05, 3.63) is 51.9 Å². The normalized spacial score (nSPS) is 10.1. The molecule has 0 saturated heterocycles. The fraction of sp³-hybridized carbons (Fsp3) is 0.273. The minimum Gasteiger partial charge on any atom is -0.0899 e. The predicted molar refractivity (Wildman–Crippen MR) is 58.9 cm³/mol. The third kappa shape index (κ3) is 3.33. The lowest BCUT2D eigenvalue weighted by Crippen LogP contribution is -1.79. The van der Waals surface area contributed by atoms with Crippen LogP contribution in [0.4, 0.5) is 0 Å². The summed E-state index contributed by atoms with van der Waals surface area (Å²) in [6.45, 7) is 2.54. The highest BCUT2D eigenvalue weighted by molar-refractivity contribution is 5.49. The minimum atomic E-state index is 0.409. The average Bonchev–Trinajstić information content (AvgIpc) is 2.25. The molecule has 3 nitrogen and oxygen atoms in total. The molecule has 0 atom stereocenters. The molecule has 0 aliphatic heterocycles. The Morgan fingerprint density at radius 1 is 1.36 bits per heavy atom. The number of hydrogen-bond donors (Lipinski definition) is 0. The summed E-state index contributed by atoms with van der Waals surface area (Å²) in [4.78, 5) is 2.67. The average molecular weight is 187 g/mol. The molecule has 1 rings (SSSR count). The van der Waals surface area contributed by atoms with Gasteiger partial charge in [0.1, 0.15) is 0 Å². The molecule has 1 aromatic rings. The Labute approximate surface area is 83.7 Å². The number of azide groups is 1.